The summed E-state index contributed by atoms with van der Waals surface area (Å²) in [4.78, 5) is 0. The van der Waals surface area contributed by atoms with E-state index in [0.29, 0.717) is 0 Å². The molecule has 0 rings (SSSR count). The fraction of sp³-hybridized carbons (Fsp3) is 0.882. The lowest BCUT2D eigenvalue weighted by Gasteiger charge is -2.43. The van der Waals surface area contributed by atoms with Gasteiger partial charge >= 0.3 is 0 Å². The highest BCUT2D eigenvalue weighted by molar-refractivity contribution is 5.04. The van der Waals surface area contributed by atoms with E-state index in [4.69, 9.17) is 0 Å². The number of nitrogens with zero attached hydrogens (tertiary/aromatic N) is 2. The van der Waals surface area contributed by atoms with Crippen molar-refractivity contribution in [2.24, 2.45) is 10.8 Å². The van der Waals surface area contributed by atoms with Crippen LogP contribution in [0.5, 0.6) is 0 Å². The maximum atomic E-state index is 9.25. The molecule has 0 bridgehead atoms. The Hall–Kier alpha value is -1.06. The van der Waals surface area contributed by atoms with Gasteiger partial charge in [0.05, 0.1) is 23.0 Å². The maximum absolute atomic E-state index is 9.25. The summed E-state index contributed by atoms with van der Waals surface area (Å²) in [6, 6.07) is 4.75. The van der Waals surface area contributed by atoms with Crippen LogP contribution in [0, 0.1) is 33.5 Å². The quantitative estimate of drug-likeness (QED) is 0.750. The van der Waals surface area contributed by atoms with Gasteiger partial charge in [0, 0.05) is 11.1 Å². The molecule has 1 N–H and O–H groups in total. The Balaban J connectivity index is 5.04. The third kappa shape index (κ3) is 6.40. The number of nitrogens with one attached hydrogen (secondary N) is 1. The molecule has 0 spiro atoms. The summed E-state index contributed by atoms with van der Waals surface area (Å²) in [5.41, 5.74) is -0.946. The normalized spacial score (nSPS) is 16.1. The van der Waals surface area contributed by atoms with Crippen molar-refractivity contribution < 1.29 is 0 Å². The highest BCUT2D eigenvalue weighted by atomic mass is 15.0. The van der Waals surface area contributed by atoms with E-state index in [1.807, 2.05) is 27.7 Å². The lowest BCUT2D eigenvalue weighted by molar-refractivity contribution is 0.159. The Kier molecular flexibility index (Phi) is 5.82. The van der Waals surface area contributed by atoms with E-state index in [9.17, 15) is 10.5 Å². The lowest BCUT2D eigenvalue weighted by atomic mass is 9.75. The van der Waals surface area contributed by atoms with Crippen LogP contribution in [0.1, 0.15) is 74.7 Å². The summed E-state index contributed by atoms with van der Waals surface area (Å²) in [6.07, 6.45) is 2.52. The molecule has 0 fully saturated rings. The van der Waals surface area contributed by atoms with Crippen molar-refractivity contribution in [1.29, 1.82) is 10.5 Å². The molecule has 0 aromatic heterocycles. The van der Waals surface area contributed by atoms with Crippen LogP contribution in [0.25, 0.3) is 0 Å². The third-order valence-corrected chi connectivity index (χ3v) is 3.74. The SMILES string of the molecule is CCC(C)(CC(C)(C)C#N)NC(C)(C)CC(C)(C)C#N. The number of hydrogen-bond donors (Lipinski definition) is 1. The zero-order chi connectivity index (χ0) is 16.2. The molecule has 0 saturated heterocycles. The molecule has 0 aliphatic heterocycles. The van der Waals surface area contributed by atoms with Crippen molar-refractivity contribution >= 4 is 0 Å². The third-order valence-electron chi connectivity index (χ3n) is 3.74. The molecule has 0 saturated carbocycles. The van der Waals surface area contributed by atoms with Gasteiger partial charge in [-0.25, -0.2) is 0 Å². The van der Waals surface area contributed by atoms with Crippen molar-refractivity contribution in [3.8, 4) is 12.1 Å². The lowest BCUT2D eigenvalue weighted by Crippen LogP contribution is -2.56. The zero-order valence-electron chi connectivity index (χ0n) is 14.5. The van der Waals surface area contributed by atoms with E-state index in [0.717, 1.165) is 19.3 Å². The zero-order valence-corrected chi connectivity index (χ0v) is 14.5. The summed E-state index contributed by atoms with van der Waals surface area (Å²) in [7, 11) is 0. The first-order valence-corrected chi connectivity index (χ1v) is 7.42. The van der Waals surface area contributed by atoms with Crippen molar-refractivity contribution in [1.82, 2.24) is 5.32 Å². The molecule has 0 aliphatic carbocycles. The topological polar surface area (TPSA) is 59.6 Å². The molecule has 0 amide bonds. The molecular weight excluding hydrogens is 246 g/mol. The minimum atomic E-state index is -0.351. The number of rotatable bonds is 7. The maximum Gasteiger partial charge on any atom is 0.0684 e. The Bertz CT molecular complexity index is 407. The van der Waals surface area contributed by atoms with Crippen LogP contribution in [0.15, 0.2) is 0 Å². The van der Waals surface area contributed by atoms with Crippen LogP contribution >= 0.6 is 0 Å². The fourth-order valence-electron chi connectivity index (χ4n) is 3.28. The second-order valence-electron chi connectivity index (χ2n) is 8.27. The Labute approximate surface area is 125 Å². The van der Waals surface area contributed by atoms with Crippen LogP contribution in [0.3, 0.4) is 0 Å². The minimum Gasteiger partial charge on any atom is -0.306 e. The van der Waals surface area contributed by atoms with Crippen molar-refractivity contribution in [3.05, 3.63) is 0 Å². The largest absolute Gasteiger partial charge is 0.306 e. The molecular formula is C17H31N3. The first-order valence-electron chi connectivity index (χ1n) is 7.42. The van der Waals surface area contributed by atoms with Gasteiger partial charge < -0.3 is 5.32 Å². The van der Waals surface area contributed by atoms with Crippen molar-refractivity contribution in [2.45, 2.75) is 85.7 Å². The Morgan fingerprint density at radius 2 is 1.20 bits per heavy atom. The van der Waals surface area contributed by atoms with E-state index in [1.54, 1.807) is 0 Å². The highest BCUT2D eigenvalue weighted by Gasteiger charge is 2.37. The van der Waals surface area contributed by atoms with Crippen LogP contribution in [0.4, 0.5) is 0 Å². The van der Waals surface area contributed by atoms with E-state index < -0.39 is 0 Å². The van der Waals surface area contributed by atoms with Gasteiger partial charge in [0.15, 0.2) is 0 Å². The summed E-state index contributed by atoms with van der Waals surface area (Å²) in [5.74, 6) is 0. The average molecular weight is 277 g/mol. The summed E-state index contributed by atoms with van der Waals surface area (Å²) >= 11 is 0. The number of hydrogen-bond acceptors (Lipinski definition) is 3. The van der Waals surface area contributed by atoms with Gasteiger partial charge in [-0.05, 0) is 67.7 Å². The van der Waals surface area contributed by atoms with Crippen LogP contribution in [-0.2, 0) is 0 Å². The van der Waals surface area contributed by atoms with Gasteiger partial charge in [0.2, 0.25) is 0 Å². The van der Waals surface area contributed by atoms with Crippen LogP contribution in [0.2, 0.25) is 0 Å². The number of nitriles is 2. The summed E-state index contributed by atoms with van der Waals surface area (Å²) < 4.78 is 0. The monoisotopic (exact) mass is 277 g/mol. The molecule has 3 heteroatoms. The minimum absolute atomic E-state index is 0.103. The van der Waals surface area contributed by atoms with Gasteiger partial charge in [-0.1, -0.05) is 6.92 Å². The predicted octanol–water partition coefficient (Wildman–Crippen LogP) is 4.40. The standard InChI is InChI=1S/C17H31N3/c1-9-17(8,11-15(4,5)13-19)20-16(6,7)10-14(2,3)12-18/h20H,9-11H2,1-8H3. The molecule has 0 aromatic carbocycles. The van der Waals surface area contributed by atoms with E-state index in [2.05, 4.69) is 45.2 Å². The van der Waals surface area contributed by atoms with Gasteiger partial charge in [0.1, 0.15) is 0 Å². The van der Waals surface area contributed by atoms with Gasteiger partial charge in [-0.3, -0.25) is 0 Å². The molecule has 1 unspecified atom stereocenters. The molecule has 3 nitrogen and oxygen atoms in total. The van der Waals surface area contributed by atoms with Crippen LogP contribution < -0.4 is 5.32 Å². The van der Waals surface area contributed by atoms with Crippen LogP contribution in [-0.4, -0.2) is 11.1 Å². The van der Waals surface area contributed by atoms with E-state index in [1.165, 1.54) is 0 Å². The first kappa shape index (κ1) is 18.9. The Morgan fingerprint density at radius 3 is 1.55 bits per heavy atom. The first-order chi connectivity index (χ1) is 8.80. The second kappa shape index (κ2) is 6.15. The molecule has 0 aliphatic rings. The molecule has 0 aromatic rings. The van der Waals surface area contributed by atoms with Crippen molar-refractivity contribution in [2.75, 3.05) is 0 Å². The second-order valence-corrected chi connectivity index (χ2v) is 8.27. The summed E-state index contributed by atoms with van der Waals surface area (Å²) in [5, 5.41) is 22.2. The Morgan fingerprint density at radius 1 is 0.800 bits per heavy atom. The molecule has 0 heterocycles. The van der Waals surface area contributed by atoms with Gasteiger partial charge in [0.25, 0.3) is 0 Å². The highest BCUT2D eigenvalue weighted by Crippen LogP contribution is 2.34. The molecule has 0 radical (unpaired) electrons. The average Bonchev–Trinajstić information content (AvgIpc) is 2.26. The van der Waals surface area contributed by atoms with Crippen molar-refractivity contribution in [3.63, 3.8) is 0 Å². The molecule has 114 valence electrons. The molecule has 20 heavy (non-hydrogen) atoms. The predicted molar refractivity (Wildman–Crippen MR) is 83.9 cm³/mol. The smallest absolute Gasteiger partial charge is 0.0684 e. The van der Waals surface area contributed by atoms with Gasteiger partial charge in [-0.2, -0.15) is 10.5 Å². The summed E-state index contributed by atoms with van der Waals surface area (Å²) in [6.45, 7) is 16.5. The van der Waals surface area contributed by atoms with E-state index >= 15 is 0 Å². The molecule has 1 atom stereocenters. The van der Waals surface area contributed by atoms with E-state index in [-0.39, 0.29) is 21.9 Å². The van der Waals surface area contributed by atoms with Gasteiger partial charge in [-0.15, -0.1) is 0 Å². The fourth-order valence-corrected chi connectivity index (χ4v) is 3.28.